The van der Waals surface area contributed by atoms with Crippen molar-refractivity contribution in [2.24, 2.45) is 0 Å². The minimum atomic E-state index is 0.0105. The van der Waals surface area contributed by atoms with E-state index in [2.05, 4.69) is 21.2 Å². The molecule has 0 aromatic heterocycles. The zero-order chi connectivity index (χ0) is 9.68. The number of benzene rings is 1. The van der Waals surface area contributed by atoms with Crippen molar-refractivity contribution in [1.82, 2.24) is 5.32 Å². The number of alkyl halides is 1. The Bertz CT molecular complexity index is 274. The van der Waals surface area contributed by atoms with Crippen LogP contribution in [0.15, 0.2) is 30.3 Å². The van der Waals surface area contributed by atoms with Gasteiger partial charge < -0.3 is 5.32 Å². The second-order valence-corrected chi connectivity index (χ2v) is 3.39. The van der Waals surface area contributed by atoms with Gasteiger partial charge in [-0.05, 0) is 12.5 Å². The highest BCUT2D eigenvalue weighted by Crippen LogP contribution is 2.10. The van der Waals surface area contributed by atoms with Gasteiger partial charge >= 0.3 is 0 Å². The SMILES string of the molecule is CC(NC(=O)CBr)c1ccccc1. The van der Waals surface area contributed by atoms with Crippen molar-refractivity contribution < 1.29 is 4.79 Å². The Labute approximate surface area is 86.5 Å². The average molecular weight is 242 g/mol. The van der Waals surface area contributed by atoms with Gasteiger partial charge in [0.05, 0.1) is 11.4 Å². The summed E-state index contributed by atoms with van der Waals surface area (Å²) in [6, 6.07) is 9.96. The van der Waals surface area contributed by atoms with E-state index in [1.54, 1.807) is 0 Å². The molecule has 1 aromatic carbocycles. The molecule has 1 aromatic rings. The number of rotatable bonds is 3. The van der Waals surface area contributed by atoms with Crippen LogP contribution in [-0.4, -0.2) is 11.2 Å². The van der Waals surface area contributed by atoms with Crippen molar-refractivity contribution in [2.75, 3.05) is 5.33 Å². The monoisotopic (exact) mass is 241 g/mol. The maximum atomic E-state index is 11.0. The van der Waals surface area contributed by atoms with Crippen LogP contribution in [-0.2, 0) is 4.79 Å². The van der Waals surface area contributed by atoms with Crippen LogP contribution in [0.2, 0.25) is 0 Å². The lowest BCUT2D eigenvalue weighted by molar-refractivity contribution is -0.119. The Hall–Kier alpha value is -0.830. The number of halogens is 1. The van der Waals surface area contributed by atoms with E-state index < -0.39 is 0 Å². The van der Waals surface area contributed by atoms with E-state index in [4.69, 9.17) is 0 Å². The van der Waals surface area contributed by atoms with Crippen LogP contribution in [0, 0.1) is 0 Å². The van der Waals surface area contributed by atoms with Crippen LogP contribution in [0.5, 0.6) is 0 Å². The lowest BCUT2D eigenvalue weighted by atomic mass is 10.1. The van der Waals surface area contributed by atoms with Crippen LogP contribution in [0.1, 0.15) is 18.5 Å². The Kier molecular flexibility index (Phi) is 3.96. The molecule has 0 saturated heterocycles. The minimum Gasteiger partial charge on any atom is -0.349 e. The maximum Gasteiger partial charge on any atom is 0.231 e. The average Bonchev–Trinajstić information content (AvgIpc) is 2.19. The molecule has 1 N–H and O–H groups in total. The molecule has 2 nitrogen and oxygen atoms in total. The molecule has 1 amide bonds. The number of carbonyl (C=O) groups excluding carboxylic acids is 1. The molecule has 0 fully saturated rings. The molecule has 1 rings (SSSR count). The predicted molar refractivity (Wildman–Crippen MR) is 56.8 cm³/mol. The van der Waals surface area contributed by atoms with Gasteiger partial charge in [-0.2, -0.15) is 0 Å². The highest BCUT2D eigenvalue weighted by Gasteiger charge is 2.06. The van der Waals surface area contributed by atoms with E-state index in [0.717, 1.165) is 5.56 Å². The van der Waals surface area contributed by atoms with Gasteiger partial charge in [0.2, 0.25) is 5.91 Å². The van der Waals surface area contributed by atoms with Crippen LogP contribution in [0.3, 0.4) is 0 Å². The van der Waals surface area contributed by atoms with Crippen molar-refractivity contribution >= 4 is 21.8 Å². The van der Waals surface area contributed by atoms with Gasteiger partial charge in [0.25, 0.3) is 0 Å². The van der Waals surface area contributed by atoms with Crippen LogP contribution in [0.25, 0.3) is 0 Å². The third kappa shape index (κ3) is 3.19. The zero-order valence-corrected chi connectivity index (χ0v) is 9.04. The third-order valence-electron chi connectivity index (χ3n) is 1.80. The molecule has 0 aliphatic heterocycles. The van der Waals surface area contributed by atoms with Crippen LogP contribution < -0.4 is 5.32 Å². The van der Waals surface area contributed by atoms with E-state index >= 15 is 0 Å². The van der Waals surface area contributed by atoms with Crippen molar-refractivity contribution in [3.63, 3.8) is 0 Å². The zero-order valence-electron chi connectivity index (χ0n) is 7.46. The van der Waals surface area contributed by atoms with Gasteiger partial charge in [-0.3, -0.25) is 4.79 Å². The summed E-state index contributed by atoms with van der Waals surface area (Å²) >= 11 is 3.10. The molecule has 0 saturated carbocycles. The summed E-state index contributed by atoms with van der Waals surface area (Å²) in [6.45, 7) is 1.97. The molecule has 0 aliphatic carbocycles. The van der Waals surface area contributed by atoms with E-state index in [1.807, 2.05) is 37.3 Å². The van der Waals surface area contributed by atoms with Gasteiger partial charge in [0.1, 0.15) is 0 Å². The highest BCUT2D eigenvalue weighted by atomic mass is 79.9. The molecule has 0 heterocycles. The lowest BCUT2D eigenvalue weighted by Gasteiger charge is -2.12. The fourth-order valence-electron chi connectivity index (χ4n) is 1.11. The van der Waals surface area contributed by atoms with Gasteiger partial charge in [0, 0.05) is 0 Å². The first-order chi connectivity index (χ1) is 6.24. The van der Waals surface area contributed by atoms with Crippen LogP contribution >= 0.6 is 15.9 Å². The molecule has 0 spiro atoms. The molecule has 13 heavy (non-hydrogen) atoms. The normalized spacial score (nSPS) is 12.2. The summed E-state index contributed by atoms with van der Waals surface area (Å²) in [5, 5.41) is 3.21. The number of carbonyl (C=O) groups is 1. The number of nitrogens with one attached hydrogen (secondary N) is 1. The number of hydrogen-bond acceptors (Lipinski definition) is 1. The quantitative estimate of drug-likeness (QED) is 0.809. The number of hydrogen-bond donors (Lipinski definition) is 1. The first kappa shape index (κ1) is 10.3. The lowest BCUT2D eigenvalue weighted by Crippen LogP contribution is -2.27. The fraction of sp³-hybridized carbons (Fsp3) is 0.300. The molecular weight excluding hydrogens is 230 g/mol. The highest BCUT2D eigenvalue weighted by molar-refractivity contribution is 9.09. The Morgan fingerprint density at radius 2 is 2.08 bits per heavy atom. The molecule has 1 atom stereocenters. The fourth-order valence-corrected chi connectivity index (χ4v) is 1.27. The molecule has 0 aliphatic rings. The first-order valence-corrected chi connectivity index (χ1v) is 5.26. The maximum absolute atomic E-state index is 11.0. The Morgan fingerprint density at radius 1 is 1.46 bits per heavy atom. The standard InChI is InChI=1S/C10H12BrNO/c1-8(12-10(13)7-11)9-5-3-2-4-6-9/h2-6,8H,7H2,1H3,(H,12,13). The topological polar surface area (TPSA) is 29.1 Å². The smallest absolute Gasteiger partial charge is 0.231 e. The van der Waals surface area contributed by atoms with Crippen molar-refractivity contribution in [2.45, 2.75) is 13.0 Å². The van der Waals surface area contributed by atoms with Crippen molar-refractivity contribution in [1.29, 1.82) is 0 Å². The molecule has 0 radical (unpaired) electrons. The summed E-state index contributed by atoms with van der Waals surface area (Å²) in [7, 11) is 0. The molecule has 0 bridgehead atoms. The minimum absolute atomic E-state index is 0.0105. The predicted octanol–water partition coefficient (Wildman–Crippen LogP) is 2.26. The summed E-state index contributed by atoms with van der Waals surface area (Å²) in [6.07, 6.45) is 0. The summed E-state index contributed by atoms with van der Waals surface area (Å²) in [5.74, 6) is 0.0105. The van der Waals surface area contributed by atoms with Gasteiger partial charge in [-0.1, -0.05) is 46.3 Å². The molecule has 1 unspecified atom stereocenters. The van der Waals surface area contributed by atoms with Gasteiger partial charge in [-0.25, -0.2) is 0 Å². The van der Waals surface area contributed by atoms with Gasteiger partial charge in [0.15, 0.2) is 0 Å². The van der Waals surface area contributed by atoms with Crippen molar-refractivity contribution in [3.05, 3.63) is 35.9 Å². The summed E-state index contributed by atoms with van der Waals surface area (Å²) < 4.78 is 0. The van der Waals surface area contributed by atoms with Gasteiger partial charge in [-0.15, -0.1) is 0 Å². The largest absolute Gasteiger partial charge is 0.349 e. The second kappa shape index (κ2) is 5.02. The number of amides is 1. The first-order valence-electron chi connectivity index (χ1n) is 4.14. The molecule has 70 valence electrons. The Balaban J connectivity index is 2.59. The molecule has 3 heteroatoms. The summed E-state index contributed by atoms with van der Waals surface area (Å²) in [5.41, 5.74) is 1.12. The summed E-state index contributed by atoms with van der Waals surface area (Å²) in [4.78, 5) is 11.0. The second-order valence-electron chi connectivity index (χ2n) is 2.83. The van der Waals surface area contributed by atoms with E-state index in [-0.39, 0.29) is 11.9 Å². The van der Waals surface area contributed by atoms with Crippen molar-refractivity contribution in [3.8, 4) is 0 Å². The third-order valence-corrected chi connectivity index (χ3v) is 2.31. The van der Waals surface area contributed by atoms with E-state index in [0.29, 0.717) is 5.33 Å². The Morgan fingerprint density at radius 3 is 2.62 bits per heavy atom. The van der Waals surface area contributed by atoms with E-state index in [1.165, 1.54) is 0 Å². The molecular formula is C10H12BrNO. The van der Waals surface area contributed by atoms with E-state index in [9.17, 15) is 4.79 Å². The van der Waals surface area contributed by atoms with Crippen LogP contribution in [0.4, 0.5) is 0 Å².